The average molecular weight is 293 g/mol. The third-order valence-corrected chi connectivity index (χ3v) is 4.35. The number of nitrogens with one attached hydrogen (secondary N) is 1. The zero-order valence-electron chi connectivity index (χ0n) is 14.4. The summed E-state index contributed by atoms with van der Waals surface area (Å²) in [4.78, 5) is 0. The molecule has 0 saturated carbocycles. The van der Waals surface area contributed by atoms with Crippen LogP contribution in [0.25, 0.3) is 0 Å². The molecule has 1 aromatic rings. The summed E-state index contributed by atoms with van der Waals surface area (Å²) in [5.41, 5.74) is 1.33. The van der Waals surface area contributed by atoms with Crippen molar-refractivity contribution in [2.24, 2.45) is 0 Å². The van der Waals surface area contributed by atoms with Crippen molar-refractivity contribution >= 4 is 0 Å². The Morgan fingerprint density at radius 3 is 2.19 bits per heavy atom. The highest BCUT2D eigenvalue weighted by molar-refractivity contribution is 5.06. The van der Waals surface area contributed by atoms with E-state index < -0.39 is 0 Å². The first-order valence-corrected chi connectivity index (χ1v) is 9.02. The van der Waals surface area contributed by atoms with Crippen LogP contribution in [0.2, 0.25) is 0 Å². The van der Waals surface area contributed by atoms with Crippen molar-refractivity contribution < 1.29 is 0 Å². The third-order valence-electron chi connectivity index (χ3n) is 4.35. The number of hydrogen-bond donors (Lipinski definition) is 1. The van der Waals surface area contributed by atoms with Gasteiger partial charge in [0.1, 0.15) is 0 Å². The molecule has 1 unspecified atom stereocenters. The zero-order valence-corrected chi connectivity index (χ0v) is 14.4. The maximum Gasteiger partial charge on any atom is 0.0553 e. The van der Waals surface area contributed by atoms with Gasteiger partial charge < -0.3 is 5.32 Å². The fourth-order valence-corrected chi connectivity index (χ4v) is 3.00. The number of aromatic nitrogens is 2. The summed E-state index contributed by atoms with van der Waals surface area (Å²) in [6.07, 6.45) is 15.7. The zero-order chi connectivity index (χ0) is 15.3. The molecule has 1 atom stereocenters. The van der Waals surface area contributed by atoms with E-state index in [2.05, 4.69) is 42.1 Å². The summed E-state index contributed by atoms with van der Waals surface area (Å²) in [5, 5.41) is 7.82. The van der Waals surface area contributed by atoms with Crippen LogP contribution in [0.5, 0.6) is 0 Å². The summed E-state index contributed by atoms with van der Waals surface area (Å²) in [5.74, 6) is 0. The number of rotatable bonds is 13. The van der Waals surface area contributed by atoms with Crippen molar-refractivity contribution in [2.45, 2.75) is 90.6 Å². The van der Waals surface area contributed by atoms with Crippen LogP contribution in [0.4, 0.5) is 0 Å². The lowest BCUT2D eigenvalue weighted by Crippen LogP contribution is -2.20. The van der Waals surface area contributed by atoms with Gasteiger partial charge in [-0.05, 0) is 26.5 Å². The van der Waals surface area contributed by atoms with Gasteiger partial charge in [-0.15, -0.1) is 0 Å². The minimum absolute atomic E-state index is 0.456. The first kappa shape index (κ1) is 18.2. The van der Waals surface area contributed by atoms with E-state index >= 15 is 0 Å². The second-order valence-electron chi connectivity index (χ2n) is 6.03. The van der Waals surface area contributed by atoms with Crippen LogP contribution in [0.3, 0.4) is 0 Å². The Balaban J connectivity index is 2.10. The minimum Gasteiger partial charge on any atom is -0.312 e. The van der Waals surface area contributed by atoms with E-state index in [1.54, 1.807) is 0 Å². The van der Waals surface area contributed by atoms with Gasteiger partial charge in [0.05, 0.1) is 5.69 Å². The van der Waals surface area contributed by atoms with Crippen molar-refractivity contribution in [2.75, 3.05) is 7.05 Å². The van der Waals surface area contributed by atoms with Crippen LogP contribution in [0.15, 0.2) is 12.3 Å². The van der Waals surface area contributed by atoms with Crippen molar-refractivity contribution in [1.29, 1.82) is 0 Å². The van der Waals surface area contributed by atoms with Crippen LogP contribution in [-0.4, -0.2) is 16.8 Å². The highest BCUT2D eigenvalue weighted by atomic mass is 15.3. The molecular formula is C18H35N3. The molecule has 0 aliphatic heterocycles. The normalized spacial score (nSPS) is 12.7. The minimum atomic E-state index is 0.456. The lowest BCUT2D eigenvalue weighted by Gasteiger charge is -2.17. The second kappa shape index (κ2) is 11.8. The van der Waals surface area contributed by atoms with Crippen LogP contribution in [0.1, 0.15) is 89.8 Å². The van der Waals surface area contributed by atoms with Crippen molar-refractivity contribution in [3.05, 3.63) is 18.0 Å². The van der Waals surface area contributed by atoms with Crippen LogP contribution in [-0.2, 0) is 6.54 Å². The van der Waals surface area contributed by atoms with Gasteiger partial charge in [0.25, 0.3) is 0 Å². The monoisotopic (exact) mass is 293 g/mol. The molecule has 0 fully saturated rings. The molecule has 0 amide bonds. The maximum atomic E-state index is 4.37. The number of aryl methyl sites for hydroxylation is 1. The Bertz CT molecular complexity index is 346. The SMILES string of the molecule is CCCCCCCCCCCC(NC)c1ccnn1CC. The van der Waals surface area contributed by atoms with E-state index in [9.17, 15) is 0 Å². The van der Waals surface area contributed by atoms with E-state index in [1.165, 1.54) is 69.9 Å². The van der Waals surface area contributed by atoms with E-state index in [4.69, 9.17) is 0 Å². The van der Waals surface area contributed by atoms with Gasteiger partial charge in [0.2, 0.25) is 0 Å². The predicted molar refractivity (Wildman–Crippen MR) is 91.5 cm³/mol. The highest BCUT2D eigenvalue weighted by Gasteiger charge is 2.12. The summed E-state index contributed by atoms with van der Waals surface area (Å²) in [6, 6.07) is 2.61. The van der Waals surface area contributed by atoms with Gasteiger partial charge in [-0.2, -0.15) is 5.10 Å². The number of unbranched alkanes of at least 4 members (excludes halogenated alkanes) is 8. The van der Waals surface area contributed by atoms with Gasteiger partial charge in [0.15, 0.2) is 0 Å². The summed E-state index contributed by atoms with van der Waals surface area (Å²) < 4.78 is 2.11. The summed E-state index contributed by atoms with van der Waals surface area (Å²) in [7, 11) is 2.06. The largest absolute Gasteiger partial charge is 0.312 e. The molecule has 0 radical (unpaired) electrons. The number of nitrogens with zero attached hydrogens (tertiary/aromatic N) is 2. The highest BCUT2D eigenvalue weighted by Crippen LogP contribution is 2.20. The van der Waals surface area contributed by atoms with Crippen molar-refractivity contribution in [3.8, 4) is 0 Å². The molecule has 1 aromatic heterocycles. The van der Waals surface area contributed by atoms with E-state index in [0.29, 0.717) is 6.04 Å². The standard InChI is InChI=1S/C18H35N3/c1-4-6-7-8-9-10-11-12-13-14-17(19-3)18-15-16-20-21(18)5-2/h15-17,19H,4-14H2,1-3H3. The molecule has 0 aliphatic carbocycles. The van der Waals surface area contributed by atoms with Crippen molar-refractivity contribution in [3.63, 3.8) is 0 Å². The molecular weight excluding hydrogens is 258 g/mol. The molecule has 0 aliphatic rings. The van der Waals surface area contributed by atoms with Crippen molar-refractivity contribution in [1.82, 2.24) is 15.1 Å². The summed E-state index contributed by atoms with van der Waals surface area (Å²) in [6.45, 7) is 5.39. The first-order valence-electron chi connectivity index (χ1n) is 9.02. The Labute approximate surface area is 131 Å². The van der Waals surface area contributed by atoms with E-state index in [-0.39, 0.29) is 0 Å². The smallest absolute Gasteiger partial charge is 0.0553 e. The van der Waals surface area contributed by atoms with Gasteiger partial charge in [-0.3, -0.25) is 4.68 Å². The lowest BCUT2D eigenvalue weighted by atomic mass is 10.0. The Hall–Kier alpha value is -0.830. The predicted octanol–water partition coefficient (Wildman–Crippen LogP) is 5.08. The molecule has 0 bridgehead atoms. The molecule has 1 rings (SSSR count). The summed E-state index contributed by atoms with van der Waals surface area (Å²) >= 11 is 0. The molecule has 0 saturated heterocycles. The molecule has 0 aromatic carbocycles. The molecule has 0 spiro atoms. The molecule has 21 heavy (non-hydrogen) atoms. The Morgan fingerprint density at radius 2 is 1.62 bits per heavy atom. The quantitative estimate of drug-likeness (QED) is 0.514. The van der Waals surface area contributed by atoms with Gasteiger partial charge >= 0.3 is 0 Å². The third kappa shape index (κ3) is 7.12. The Kier molecular flexibility index (Phi) is 10.2. The van der Waals surface area contributed by atoms with Crippen LogP contribution < -0.4 is 5.32 Å². The lowest BCUT2D eigenvalue weighted by molar-refractivity contribution is 0.459. The fraction of sp³-hybridized carbons (Fsp3) is 0.833. The van der Waals surface area contributed by atoms with Crippen LogP contribution >= 0.6 is 0 Å². The molecule has 1 N–H and O–H groups in total. The maximum absolute atomic E-state index is 4.37. The fourth-order valence-electron chi connectivity index (χ4n) is 3.00. The molecule has 3 heteroatoms. The Morgan fingerprint density at radius 1 is 1.00 bits per heavy atom. The molecule has 122 valence electrons. The second-order valence-corrected chi connectivity index (χ2v) is 6.03. The van der Waals surface area contributed by atoms with Crippen LogP contribution in [0, 0.1) is 0 Å². The van der Waals surface area contributed by atoms with Gasteiger partial charge in [-0.1, -0.05) is 64.7 Å². The first-order chi connectivity index (χ1) is 10.3. The van der Waals surface area contributed by atoms with E-state index in [0.717, 1.165) is 6.54 Å². The number of hydrogen-bond acceptors (Lipinski definition) is 2. The molecule has 3 nitrogen and oxygen atoms in total. The van der Waals surface area contributed by atoms with Gasteiger partial charge in [0, 0.05) is 18.8 Å². The topological polar surface area (TPSA) is 29.9 Å². The van der Waals surface area contributed by atoms with E-state index in [1.807, 2.05) is 6.20 Å². The molecule has 1 heterocycles. The van der Waals surface area contributed by atoms with Gasteiger partial charge in [-0.25, -0.2) is 0 Å². The average Bonchev–Trinajstić information content (AvgIpc) is 2.98.